The highest BCUT2D eigenvalue weighted by molar-refractivity contribution is 5.73. The molecule has 1 saturated heterocycles. The first kappa shape index (κ1) is 14.5. The maximum Gasteiger partial charge on any atom is 0.317 e. The molecule has 1 aliphatic heterocycles. The van der Waals surface area contributed by atoms with Gasteiger partial charge in [0.25, 0.3) is 0 Å². The second kappa shape index (κ2) is 7.04. The molecule has 2 heterocycles. The third kappa shape index (κ3) is 4.06. The largest absolute Gasteiger partial charge is 0.343 e. The van der Waals surface area contributed by atoms with Gasteiger partial charge in [-0.2, -0.15) is 4.98 Å². The van der Waals surface area contributed by atoms with Gasteiger partial charge in [0, 0.05) is 26.7 Å². The van der Waals surface area contributed by atoms with E-state index in [0.717, 1.165) is 26.1 Å². The van der Waals surface area contributed by atoms with Gasteiger partial charge in [0.2, 0.25) is 6.39 Å². The van der Waals surface area contributed by atoms with Crippen LogP contribution in [0, 0.1) is 5.92 Å². The Bertz CT molecular complexity index is 434. The van der Waals surface area contributed by atoms with Gasteiger partial charge in [-0.1, -0.05) is 11.2 Å². The topological polar surface area (TPSA) is 74.5 Å². The summed E-state index contributed by atoms with van der Waals surface area (Å²) in [5, 5.41) is 6.63. The van der Waals surface area contributed by atoms with E-state index in [1.165, 1.54) is 6.39 Å². The van der Waals surface area contributed by atoms with E-state index in [1.807, 2.05) is 6.08 Å². The Hall–Kier alpha value is -1.89. The lowest BCUT2D eigenvalue weighted by molar-refractivity contribution is 0.203. The SMILES string of the molecule is C=CCN1CC[C@@H](CNC(=O)N(C)Cc2ncon2)C1. The maximum absolute atomic E-state index is 11.9. The number of urea groups is 1. The fourth-order valence-electron chi connectivity index (χ4n) is 2.34. The lowest BCUT2D eigenvalue weighted by atomic mass is 10.1. The molecule has 1 aliphatic rings. The van der Waals surface area contributed by atoms with Crippen molar-refractivity contribution in [3.8, 4) is 0 Å². The van der Waals surface area contributed by atoms with Crippen LogP contribution >= 0.6 is 0 Å². The van der Waals surface area contributed by atoms with Crippen molar-refractivity contribution in [1.29, 1.82) is 0 Å². The van der Waals surface area contributed by atoms with Crippen LogP contribution in [-0.4, -0.2) is 59.2 Å². The van der Waals surface area contributed by atoms with Gasteiger partial charge in [0.1, 0.15) is 0 Å². The summed E-state index contributed by atoms with van der Waals surface area (Å²) in [6.45, 7) is 7.79. The summed E-state index contributed by atoms with van der Waals surface area (Å²) < 4.78 is 4.64. The van der Waals surface area contributed by atoms with Crippen LogP contribution in [0.1, 0.15) is 12.2 Å². The van der Waals surface area contributed by atoms with Gasteiger partial charge in [-0.3, -0.25) is 4.90 Å². The van der Waals surface area contributed by atoms with Gasteiger partial charge in [-0.05, 0) is 18.9 Å². The van der Waals surface area contributed by atoms with Crippen LogP contribution in [0.15, 0.2) is 23.6 Å². The molecule has 0 aromatic carbocycles. The number of carbonyl (C=O) groups is 1. The van der Waals surface area contributed by atoms with Crippen molar-refractivity contribution in [3.63, 3.8) is 0 Å². The van der Waals surface area contributed by atoms with Gasteiger partial charge in [0.05, 0.1) is 6.54 Å². The minimum absolute atomic E-state index is 0.114. The normalized spacial score (nSPS) is 18.9. The Morgan fingerprint density at radius 1 is 1.75 bits per heavy atom. The van der Waals surface area contributed by atoms with E-state index in [4.69, 9.17) is 0 Å². The molecule has 1 fully saturated rings. The minimum atomic E-state index is -0.114. The molecule has 7 heteroatoms. The van der Waals surface area contributed by atoms with E-state index in [0.29, 0.717) is 24.8 Å². The number of carbonyl (C=O) groups excluding carboxylic acids is 1. The predicted molar refractivity (Wildman–Crippen MR) is 73.9 cm³/mol. The van der Waals surface area contributed by atoms with Crippen molar-refractivity contribution in [2.45, 2.75) is 13.0 Å². The molecule has 0 spiro atoms. The van der Waals surface area contributed by atoms with Crippen LogP contribution in [-0.2, 0) is 6.54 Å². The summed E-state index contributed by atoms with van der Waals surface area (Å²) in [5.41, 5.74) is 0. The molecule has 0 radical (unpaired) electrons. The van der Waals surface area contributed by atoms with Crippen molar-refractivity contribution in [3.05, 3.63) is 24.9 Å². The van der Waals surface area contributed by atoms with Gasteiger partial charge >= 0.3 is 6.03 Å². The number of nitrogens with zero attached hydrogens (tertiary/aromatic N) is 4. The quantitative estimate of drug-likeness (QED) is 0.777. The van der Waals surface area contributed by atoms with E-state index in [1.54, 1.807) is 11.9 Å². The molecule has 1 N–H and O–H groups in total. The second-order valence-electron chi connectivity index (χ2n) is 5.09. The Balaban J connectivity index is 1.68. The maximum atomic E-state index is 11.9. The van der Waals surface area contributed by atoms with Gasteiger partial charge in [0.15, 0.2) is 5.82 Å². The highest BCUT2D eigenvalue weighted by Gasteiger charge is 2.22. The molecule has 110 valence electrons. The highest BCUT2D eigenvalue weighted by Crippen LogP contribution is 2.14. The Morgan fingerprint density at radius 2 is 2.60 bits per heavy atom. The summed E-state index contributed by atoms with van der Waals surface area (Å²) in [7, 11) is 1.71. The molecule has 1 aromatic heterocycles. The molecule has 0 saturated carbocycles. The van der Waals surface area contributed by atoms with Crippen molar-refractivity contribution in [2.75, 3.05) is 33.2 Å². The number of amides is 2. The zero-order valence-electron chi connectivity index (χ0n) is 11.8. The second-order valence-corrected chi connectivity index (χ2v) is 5.09. The van der Waals surface area contributed by atoms with Crippen LogP contribution in [0.3, 0.4) is 0 Å². The molecule has 1 aromatic rings. The number of aromatic nitrogens is 2. The third-order valence-corrected chi connectivity index (χ3v) is 3.43. The van der Waals surface area contributed by atoms with Crippen molar-refractivity contribution in [2.24, 2.45) is 5.92 Å². The fraction of sp³-hybridized carbons (Fsp3) is 0.615. The third-order valence-electron chi connectivity index (χ3n) is 3.43. The van der Waals surface area contributed by atoms with Crippen LogP contribution in [0.25, 0.3) is 0 Å². The predicted octanol–water partition coefficient (Wildman–Crippen LogP) is 0.719. The smallest absolute Gasteiger partial charge is 0.317 e. The molecule has 20 heavy (non-hydrogen) atoms. The van der Waals surface area contributed by atoms with Crippen LogP contribution in [0.2, 0.25) is 0 Å². The summed E-state index contributed by atoms with van der Waals surface area (Å²) in [6, 6.07) is -0.114. The highest BCUT2D eigenvalue weighted by atomic mass is 16.5. The van der Waals surface area contributed by atoms with Crippen molar-refractivity contribution < 1.29 is 9.32 Å². The molecule has 2 amide bonds. The number of hydrogen-bond donors (Lipinski definition) is 1. The Kier molecular flexibility index (Phi) is 5.11. The van der Waals surface area contributed by atoms with E-state index < -0.39 is 0 Å². The van der Waals surface area contributed by atoms with E-state index >= 15 is 0 Å². The van der Waals surface area contributed by atoms with Gasteiger partial charge in [-0.25, -0.2) is 4.79 Å². The molecular formula is C13H21N5O2. The number of rotatable bonds is 6. The van der Waals surface area contributed by atoms with Gasteiger partial charge in [-0.15, -0.1) is 6.58 Å². The van der Waals surface area contributed by atoms with Crippen molar-refractivity contribution in [1.82, 2.24) is 25.3 Å². The molecule has 1 atom stereocenters. The zero-order chi connectivity index (χ0) is 14.4. The number of nitrogens with one attached hydrogen (secondary N) is 1. The first-order valence-electron chi connectivity index (χ1n) is 6.76. The van der Waals surface area contributed by atoms with Crippen LogP contribution < -0.4 is 5.32 Å². The monoisotopic (exact) mass is 279 g/mol. The van der Waals surface area contributed by atoms with Crippen LogP contribution in [0.4, 0.5) is 4.79 Å². The summed E-state index contributed by atoms with van der Waals surface area (Å²) in [5.74, 6) is 1.01. The van der Waals surface area contributed by atoms with Gasteiger partial charge < -0.3 is 14.7 Å². The molecular weight excluding hydrogens is 258 g/mol. The van der Waals surface area contributed by atoms with E-state index in [2.05, 4.69) is 31.5 Å². The minimum Gasteiger partial charge on any atom is -0.343 e. The lowest BCUT2D eigenvalue weighted by Gasteiger charge is -2.18. The van der Waals surface area contributed by atoms with Crippen LogP contribution in [0.5, 0.6) is 0 Å². The zero-order valence-corrected chi connectivity index (χ0v) is 11.8. The number of hydrogen-bond acceptors (Lipinski definition) is 5. The standard InChI is InChI=1S/C13H21N5O2/c1-3-5-18-6-4-11(8-18)7-14-13(19)17(2)9-12-15-10-20-16-12/h3,10-11H,1,4-9H2,2H3,(H,14,19)/t11-/m0/s1. The molecule has 7 nitrogen and oxygen atoms in total. The van der Waals surface area contributed by atoms with Crippen molar-refractivity contribution >= 4 is 6.03 Å². The first-order chi connectivity index (χ1) is 9.69. The number of likely N-dealkylation sites (tertiary alicyclic amines) is 1. The molecule has 2 rings (SSSR count). The van der Waals surface area contributed by atoms with E-state index in [9.17, 15) is 4.79 Å². The lowest BCUT2D eigenvalue weighted by Crippen LogP contribution is -2.39. The molecule has 0 aliphatic carbocycles. The average Bonchev–Trinajstić information content (AvgIpc) is 3.08. The summed E-state index contributed by atoms with van der Waals surface area (Å²) >= 11 is 0. The van der Waals surface area contributed by atoms with E-state index in [-0.39, 0.29) is 6.03 Å². The summed E-state index contributed by atoms with van der Waals surface area (Å²) in [4.78, 5) is 19.7. The summed E-state index contributed by atoms with van der Waals surface area (Å²) in [6.07, 6.45) is 4.29. The average molecular weight is 279 g/mol. The Morgan fingerprint density at radius 3 is 3.30 bits per heavy atom. The molecule has 0 bridgehead atoms. The molecule has 0 unspecified atom stereocenters. The first-order valence-corrected chi connectivity index (χ1v) is 6.76. The fourth-order valence-corrected chi connectivity index (χ4v) is 2.34. The Labute approximate surface area is 118 Å².